The summed E-state index contributed by atoms with van der Waals surface area (Å²) in [5, 5.41) is 3.27. The Kier molecular flexibility index (Phi) is 5.87. The minimum absolute atomic E-state index is 0.136. The third kappa shape index (κ3) is 4.27. The molecule has 0 saturated carbocycles. The molecule has 19 heavy (non-hydrogen) atoms. The third-order valence-corrected chi connectivity index (χ3v) is 3.09. The topological polar surface area (TPSA) is 32.3 Å². The molecule has 0 aliphatic rings. The van der Waals surface area contributed by atoms with Gasteiger partial charge in [-0.2, -0.15) is 0 Å². The molecule has 3 nitrogen and oxygen atoms in total. The number of carbonyl (C=O) groups is 1. The maximum Gasteiger partial charge on any atom is 0.254 e. The Morgan fingerprint density at radius 1 is 1.32 bits per heavy atom. The molecule has 0 radical (unpaired) electrons. The molecule has 0 fully saturated rings. The highest BCUT2D eigenvalue weighted by atomic mass is 16.2. The molecule has 0 aliphatic heterocycles. The van der Waals surface area contributed by atoms with Crippen LogP contribution >= 0.6 is 0 Å². The highest BCUT2D eigenvalue weighted by Gasteiger charge is 2.17. The Morgan fingerprint density at radius 2 is 2.00 bits per heavy atom. The van der Waals surface area contributed by atoms with Crippen LogP contribution in [0.5, 0.6) is 0 Å². The number of benzene rings is 1. The molecule has 3 heteroatoms. The number of nitrogens with one attached hydrogen (secondary N) is 1. The zero-order valence-corrected chi connectivity index (χ0v) is 12.8. The molecule has 1 amide bonds. The molecule has 0 heterocycles. The summed E-state index contributed by atoms with van der Waals surface area (Å²) in [4.78, 5) is 14.4. The van der Waals surface area contributed by atoms with E-state index in [1.54, 1.807) is 0 Å². The van der Waals surface area contributed by atoms with Gasteiger partial charge in [-0.25, -0.2) is 0 Å². The van der Waals surface area contributed by atoms with E-state index >= 15 is 0 Å². The second-order valence-corrected chi connectivity index (χ2v) is 5.30. The van der Waals surface area contributed by atoms with Gasteiger partial charge in [-0.1, -0.05) is 13.8 Å². The van der Waals surface area contributed by atoms with E-state index in [2.05, 4.69) is 26.1 Å². The van der Waals surface area contributed by atoms with Gasteiger partial charge in [0.25, 0.3) is 5.91 Å². The predicted molar refractivity (Wildman–Crippen MR) is 81.8 cm³/mol. The first-order valence-corrected chi connectivity index (χ1v) is 7.13. The summed E-state index contributed by atoms with van der Waals surface area (Å²) >= 11 is 0. The molecule has 0 aliphatic carbocycles. The maximum absolute atomic E-state index is 12.5. The monoisotopic (exact) mass is 262 g/mol. The summed E-state index contributed by atoms with van der Waals surface area (Å²) in [7, 11) is 0. The van der Waals surface area contributed by atoms with Crippen molar-refractivity contribution in [2.75, 3.05) is 25.0 Å². The van der Waals surface area contributed by atoms with E-state index in [0.717, 1.165) is 36.4 Å². The van der Waals surface area contributed by atoms with Crippen molar-refractivity contribution in [1.29, 1.82) is 0 Å². The summed E-state index contributed by atoms with van der Waals surface area (Å²) in [6.07, 6.45) is 0. The van der Waals surface area contributed by atoms with Crippen LogP contribution in [0.2, 0.25) is 0 Å². The largest absolute Gasteiger partial charge is 0.385 e. The van der Waals surface area contributed by atoms with E-state index in [-0.39, 0.29) is 5.91 Å². The van der Waals surface area contributed by atoms with E-state index in [4.69, 9.17) is 0 Å². The van der Waals surface area contributed by atoms with E-state index in [9.17, 15) is 4.79 Å². The summed E-state index contributed by atoms with van der Waals surface area (Å²) in [6, 6.07) is 5.95. The summed E-state index contributed by atoms with van der Waals surface area (Å²) < 4.78 is 0. The standard InChI is InChI=1S/C16H26N2O/c1-6-17-14-8-9-15(13(5)10-14)16(19)18(7-2)11-12(3)4/h8-10,12,17H,6-7,11H2,1-5H3. The van der Waals surface area contributed by atoms with Crippen LogP contribution in [-0.2, 0) is 0 Å². The van der Waals surface area contributed by atoms with Crippen molar-refractivity contribution in [3.05, 3.63) is 29.3 Å². The lowest BCUT2D eigenvalue weighted by Gasteiger charge is -2.24. The lowest BCUT2D eigenvalue weighted by atomic mass is 10.1. The first kappa shape index (κ1) is 15.5. The molecular formula is C16H26N2O. The van der Waals surface area contributed by atoms with Gasteiger partial charge in [0.05, 0.1) is 0 Å². The summed E-state index contributed by atoms with van der Waals surface area (Å²) in [5.41, 5.74) is 2.92. The van der Waals surface area contributed by atoms with Gasteiger partial charge in [-0.15, -0.1) is 0 Å². The first-order valence-electron chi connectivity index (χ1n) is 7.13. The fraction of sp³-hybridized carbons (Fsp3) is 0.562. The Morgan fingerprint density at radius 3 is 2.47 bits per heavy atom. The van der Waals surface area contributed by atoms with Crippen LogP contribution in [0.25, 0.3) is 0 Å². The lowest BCUT2D eigenvalue weighted by molar-refractivity contribution is 0.0745. The number of anilines is 1. The molecule has 0 aromatic heterocycles. The van der Waals surface area contributed by atoms with Crippen LogP contribution in [0, 0.1) is 12.8 Å². The molecular weight excluding hydrogens is 236 g/mol. The number of amides is 1. The summed E-state index contributed by atoms with van der Waals surface area (Å²) in [6.45, 7) is 12.8. The Bertz CT molecular complexity index is 427. The fourth-order valence-electron chi connectivity index (χ4n) is 2.18. The quantitative estimate of drug-likeness (QED) is 0.850. The highest BCUT2D eigenvalue weighted by Crippen LogP contribution is 2.17. The van der Waals surface area contributed by atoms with Crippen molar-refractivity contribution >= 4 is 11.6 Å². The van der Waals surface area contributed by atoms with Crippen LogP contribution in [0.4, 0.5) is 5.69 Å². The number of rotatable bonds is 6. The highest BCUT2D eigenvalue weighted by molar-refractivity contribution is 5.96. The average Bonchev–Trinajstić information content (AvgIpc) is 2.35. The van der Waals surface area contributed by atoms with E-state index < -0.39 is 0 Å². The number of nitrogens with zero attached hydrogens (tertiary/aromatic N) is 1. The zero-order chi connectivity index (χ0) is 14.4. The minimum Gasteiger partial charge on any atom is -0.385 e. The first-order chi connectivity index (χ1) is 8.99. The smallest absolute Gasteiger partial charge is 0.254 e. The van der Waals surface area contributed by atoms with Gasteiger partial charge in [0.2, 0.25) is 0 Å². The molecule has 106 valence electrons. The number of carbonyl (C=O) groups excluding carboxylic acids is 1. The fourth-order valence-corrected chi connectivity index (χ4v) is 2.18. The molecule has 1 aromatic rings. The number of hydrogen-bond donors (Lipinski definition) is 1. The van der Waals surface area contributed by atoms with Crippen molar-refractivity contribution in [2.24, 2.45) is 5.92 Å². The van der Waals surface area contributed by atoms with Gasteiger partial charge in [-0.05, 0) is 50.5 Å². The van der Waals surface area contributed by atoms with Crippen LogP contribution in [0.15, 0.2) is 18.2 Å². The van der Waals surface area contributed by atoms with E-state index in [0.29, 0.717) is 5.92 Å². The van der Waals surface area contributed by atoms with Gasteiger partial charge in [0, 0.05) is 30.9 Å². The van der Waals surface area contributed by atoms with Crippen LogP contribution in [0.3, 0.4) is 0 Å². The Balaban J connectivity index is 2.92. The van der Waals surface area contributed by atoms with Gasteiger partial charge < -0.3 is 10.2 Å². The molecule has 1 aromatic carbocycles. The molecule has 0 atom stereocenters. The average molecular weight is 262 g/mol. The van der Waals surface area contributed by atoms with Gasteiger partial charge in [-0.3, -0.25) is 4.79 Å². The molecule has 1 rings (SSSR count). The van der Waals surface area contributed by atoms with Crippen LogP contribution in [0.1, 0.15) is 43.6 Å². The van der Waals surface area contributed by atoms with Crippen molar-refractivity contribution < 1.29 is 4.79 Å². The van der Waals surface area contributed by atoms with Crippen LogP contribution < -0.4 is 5.32 Å². The lowest BCUT2D eigenvalue weighted by Crippen LogP contribution is -2.34. The van der Waals surface area contributed by atoms with Gasteiger partial charge >= 0.3 is 0 Å². The summed E-state index contributed by atoms with van der Waals surface area (Å²) in [5.74, 6) is 0.627. The Labute approximate surface area is 117 Å². The number of aryl methyl sites for hydroxylation is 1. The molecule has 1 N–H and O–H groups in total. The molecule has 0 bridgehead atoms. The van der Waals surface area contributed by atoms with E-state index in [1.807, 2.05) is 36.9 Å². The van der Waals surface area contributed by atoms with Crippen molar-refractivity contribution in [3.63, 3.8) is 0 Å². The number of hydrogen-bond acceptors (Lipinski definition) is 2. The van der Waals surface area contributed by atoms with Crippen molar-refractivity contribution in [3.8, 4) is 0 Å². The second-order valence-electron chi connectivity index (χ2n) is 5.30. The van der Waals surface area contributed by atoms with Gasteiger partial charge in [0.15, 0.2) is 0 Å². The van der Waals surface area contributed by atoms with Crippen molar-refractivity contribution in [2.45, 2.75) is 34.6 Å². The predicted octanol–water partition coefficient (Wildman–Crippen LogP) is 3.54. The van der Waals surface area contributed by atoms with Crippen molar-refractivity contribution in [1.82, 2.24) is 4.90 Å². The second kappa shape index (κ2) is 7.17. The normalized spacial score (nSPS) is 10.6. The maximum atomic E-state index is 12.5. The molecule has 0 spiro atoms. The van der Waals surface area contributed by atoms with E-state index in [1.165, 1.54) is 0 Å². The minimum atomic E-state index is 0.136. The van der Waals surface area contributed by atoms with Crippen LogP contribution in [-0.4, -0.2) is 30.4 Å². The zero-order valence-electron chi connectivity index (χ0n) is 12.8. The molecule has 0 saturated heterocycles. The Hall–Kier alpha value is -1.51. The third-order valence-electron chi connectivity index (χ3n) is 3.09. The van der Waals surface area contributed by atoms with Gasteiger partial charge in [0.1, 0.15) is 0 Å². The SMILES string of the molecule is CCNc1ccc(C(=O)N(CC)CC(C)C)c(C)c1. The molecule has 0 unspecified atom stereocenters.